The van der Waals surface area contributed by atoms with E-state index in [9.17, 15) is 0 Å². The highest BCUT2D eigenvalue weighted by Gasteiger charge is 2.31. The fourth-order valence-corrected chi connectivity index (χ4v) is 3.86. The van der Waals surface area contributed by atoms with Gasteiger partial charge in [-0.2, -0.15) is 0 Å². The van der Waals surface area contributed by atoms with E-state index < -0.39 is 0 Å². The van der Waals surface area contributed by atoms with E-state index >= 15 is 0 Å². The molecule has 3 unspecified atom stereocenters. The van der Waals surface area contributed by atoms with Crippen molar-refractivity contribution in [2.75, 3.05) is 6.54 Å². The largest absolute Gasteiger partial charge is 0.466 e. The van der Waals surface area contributed by atoms with Crippen LogP contribution >= 0.6 is 0 Å². The smallest absolute Gasteiger partial charge is 0.106 e. The van der Waals surface area contributed by atoms with Crippen LogP contribution in [0.1, 0.15) is 74.6 Å². The second-order valence-corrected chi connectivity index (χ2v) is 6.72. The van der Waals surface area contributed by atoms with Crippen molar-refractivity contribution in [2.24, 2.45) is 11.8 Å². The highest BCUT2D eigenvalue weighted by molar-refractivity contribution is 5.34. The maximum atomic E-state index is 5.88. The van der Waals surface area contributed by atoms with Gasteiger partial charge >= 0.3 is 0 Å². The molecule has 0 aromatic carbocycles. The molecule has 1 saturated carbocycles. The Labute approximate surface area is 124 Å². The average molecular weight is 277 g/mol. The van der Waals surface area contributed by atoms with E-state index in [2.05, 4.69) is 39.9 Å². The van der Waals surface area contributed by atoms with Gasteiger partial charge in [-0.15, -0.1) is 0 Å². The summed E-state index contributed by atoms with van der Waals surface area (Å²) in [6, 6.07) is 0.482. The Balaban J connectivity index is 2.26. The van der Waals surface area contributed by atoms with Crippen LogP contribution in [0.2, 0.25) is 0 Å². The summed E-state index contributed by atoms with van der Waals surface area (Å²) in [5, 5.41) is 3.81. The maximum absolute atomic E-state index is 5.88. The summed E-state index contributed by atoms with van der Waals surface area (Å²) in [6.07, 6.45) is 6.68. The standard InChI is InChI=1S/C18H31NO/c1-6-10-19-18(16-9-7-8-12(2)11-16)17-13(3)14(4)20-15(17)5/h12,16,18-19H,6-11H2,1-5H3. The third-order valence-electron chi connectivity index (χ3n) is 4.99. The third-order valence-corrected chi connectivity index (χ3v) is 4.99. The lowest BCUT2D eigenvalue weighted by Gasteiger charge is -2.34. The van der Waals surface area contributed by atoms with Gasteiger partial charge in [0, 0.05) is 11.6 Å². The summed E-state index contributed by atoms with van der Waals surface area (Å²) in [6.45, 7) is 12.2. The zero-order chi connectivity index (χ0) is 14.7. The molecule has 2 rings (SSSR count). The fraction of sp³-hybridized carbons (Fsp3) is 0.778. The van der Waals surface area contributed by atoms with E-state index in [4.69, 9.17) is 4.42 Å². The molecule has 114 valence electrons. The third kappa shape index (κ3) is 3.28. The molecule has 20 heavy (non-hydrogen) atoms. The topological polar surface area (TPSA) is 25.2 Å². The minimum atomic E-state index is 0.482. The maximum Gasteiger partial charge on any atom is 0.106 e. The zero-order valence-corrected chi connectivity index (χ0v) is 13.9. The molecule has 0 bridgehead atoms. The van der Waals surface area contributed by atoms with Crippen molar-refractivity contribution in [3.8, 4) is 0 Å². The van der Waals surface area contributed by atoms with E-state index in [1.54, 1.807) is 0 Å². The molecule has 0 aliphatic heterocycles. The summed E-state index contributed by atoms with van der Waals surface area (Å²) < 4.78 is 5.88. The summed E-state index contributed by atoms with van der Waals surface area (Å²) in [7, 11) is 0. The predicted molar refractivity (Wildman–Crippen MR) is 85.1 cm³/mol. The van der Waals surface area contributed by atoms with Crippen LogP contribution in [0.5, 0.6) is 0 Å². The molecule has 1 fully saturated rings. The first kappa shape index (κ1) is 15.6. The lowest BCUT2D eigenvalue weighted by molar-refractivity contribution is 0.222. The number of furan rings is 1. The minimum Gasteiger partial charge on any atom is -0.466 e. The van der Waals surface area contributed by atoms with Crippen molar-refractivity contribution in [3.63, 3.8) is 0 Å². The second-order valence-electron chi connectivity index (χ2n) is 6.72. The Morgan fingerprint density at radius 2 is 1.95 bits per heavy atom. The van der Waals surface area contributed by atoms with Gasteiger partial charge in [0.2, 0.25) is 0 Å². The Kier molecular flexibility index (Phi) is 5.31. The first-order chi connectivity index (χ1) is 9.54. The summed E-state index contributed by atoms with van der Waals surface area (Å²) >= 11 is 0. The molecular formula is C18H31NO. The van der Waals surface area contributed by atoms with Gasteiger partial charge in [-0.25, -0.2) is 0 Å². The van der Waals surface area contributed by atoms with E-state index in [1.807, 2.05) is 0 Å². The Morgan fingerprint density at radius 3 is 2.50 bits per heavy atom. The summed E-state index contributed by atoms with van der Waals surface area (Å²) in [5.41, 5.74) is 2.80. The molecule has 1 aliphatic rings. The Hall–Kier alpha value is -0.760. The van der Waals surface area contributed by atoms with E-state index in [0.717, 1.165) is 29.9 Å². The highest BCUT2D eigenvalue weighted by atomic mass is 16.3. The van der Waals surface area contributed by atoms with Gasteiger partial charge in [-0.1, -0.05) is 26.7 Å². The number of aryl methyl sites for hydroxylation is 2. The molecule has 1 aromatic rings. The predicted octanol–water partition coefficient (Wildman–Crippen LogP) is 5.07. The van der Waals surface area contributed by atoms with Gasteiger partial charge in [0.25, 0.3) is 0 Å². The van der Waals surface area contributed by atoms with Crippen molar-refractivity contribution in [3.05, 3.63) is 22.6 Å². The first-order valence-corrected chi connectivity index (χ1v) is 8.34. The van der Waals surface area contributed by atoms with Gasteiger partial charge in [-0.05, 0) is 64.0 Å². The number of hydrogen-bond acceptors (Lipinski definition) is 2. The zero-order valence-electron chi connectivity index (χ0n) is 13.9. The van der Waals surface area contributed by atoms with Gasteiger partial charge < -0.3 is 9.73 Å². The normalized spacial score (nSPS) is 24.9. The van der Waals surface area contributed by atoms with Crippen molar-refractivity contribution >= 4 is 0 Å². The van der Waals surface area contributed by atoms with Gasteiger partial charge in [-0.3, -0.25) is 0 Å². The lowest BCUT2D eigenvalue weighted by atomic mass is 9.76. The molecule has 0 spiro atoms. The minimum absolute atomic E-state index is 0.482. The number of hydrogen-bond donors (Lipinski definition) is 1. The summed E-state index contributed by atoms with van der Waals surface area (Å²) in [4.78, 5) is 0. The molecule has 0 amide bonds. The monoisotopic (exact) mass is 277 g/mol. The van der Waals surface area contributed by atoms with Crippen LogP contribution in [0.25, 0.3) is 0 Å². The van der Waals surface area contributed by atoms with Crippen LogP contribution in [0.4, 0.5) is 0 Å². The SMILES string of the molecule is CCCNC(c1c(C)oc(C)c1C)C1CCCC(C)C1. The first-order valence-electron chi connectivity index (χ1n) is 8.34. The molecule has 1 N–H and O–H groups in total. The van der Waals surface area contributed by atoms with Gasteiger partial charge in [0.05, 0.1) is 0 Å². The molecule has 1 aromatic heterocycles. The number of rotatable bonds is 5. The molecule has 0 saturated heterocycles. The van der Waals surface area contributed by atoms with E-state index in [0.29, 0.717) is 6.04 Å². The van der Waals surface area contributed by atoms with Crippen molar-refractivity contribution in [2.45, 2.75) is 72.8 Å². The van der Waals surface area contributed by atoms with Crippen molar-refractivity contribution < 1.29 is 4.42 Å². The molecule has 3 atom stereocenters. The molecular weight excluding hydrogens is 246 g/mol. The van der Waals surface area contributed by atoms with Crippen LogP contribution in [-0.2, 0) is 0 Å². The average Bonchev–Trinajstić information content (AvgIpc) is 2.66. The molecule has 1 heterocycles. The quantitative estimate of drug-likeness (QED) is 0.812. The van der Waals surface area contributed by atoms with E-state index in [1.165, 1.54) is 43.2 Å². The van der Waals surface area contributed by atoms with Crippen molar-refractivity contribution in [1.29, 1.82) is 0 Å². The number of nitrogens with one attached hydrogen (secondary N) is 1. The molecule has 2 heteroatoms. The second kappa shape index (κ2) is 6.80. The lowest BCUT2D eigenvalue weighted by Crippen LogP contribution is -2.32. The van der Waals surface area contributed by atoms with Crippen LogP contribution in [0.15, 0.2) is 4.42 Å². The van der Waals surface area contributed by atoms with Crippen molar-refractivity contribution in [1.82, 2.24) is 5.32 Å². The van der Waals surface area contributed by atoms with Gasteiger partial charge in [0.15, 0.2) is 0 Å². The Morgan fingerprint density at radius 1 is 1.20 bits per heavy atom. The van der Waals surface area contributed by atoms with Crippen LogP contribution in [0.3, 0.4) is 0 Å². The van der Waals surface area contributed by atoms with Crippen LogP contribution in [0, 0.1) is 32.6 Å². The molecule has 2 nitrogen and oxygen atoms in total. The van der Waals surface area contributed by atoms with Gasteiger partial charge in [0.1, 0.15) is 11.5 Å². The van der Waals surface area contributed by atoms with Crippen LogP contribution < -0.4 is 5.32 Å². The van der Waals surface area contributed by atoms with Crippen LogP contribution in [-0.4, -0.2) is 6.54 Å². The van der Waals surface area contributed by atoms with E-state index in [-0.39, 0.29) is 0 Å². The fourth-order valence-electron chi connectivity index (χ4n) is 3.86. The molecule has 1 aliphatic carbocycles. The summed E-state index contributed by atoms with van der Waals surface area (Å²) in [5.74, 6) is 3.84. The molecule has 0 radical (unpaired) electrons. The highest BCUT2D eigenvalue weighted by Crippen LogP contribution is 2.40. The Bertz CT molecular complexity index is 435.